The first-order valence-electron chi connectivity index (χ1n) is 5.00. The molecule has 0 radical (unpaired) electrons. The Morgan fingerprint density at radius 2 is 2.00 bits per heavy atom. The van der Waals surface area contributed by atoms with Crippen LogP contribution in [0.3, 0.4) is 0 Å². The highest BCUT2D eigenvalue weighted by atomic mass is 16.5. The molecule has 1 aromatic rings. The summed E-state index contributed by atoms with van der Waals surface area (Å²) < 4.78 is 4.95. The van der Waals surface area contributed by atoms with Gasteiger partial charge in [-0.2, -0.15) is 0 Å². The topological polar surface area (TPSA) is 52.3 Å². The molecule has 2 N–H and O–H groups in total. The molecule has 1 aliphatic heterocycles. The van der Waals surface area contributed by atoms with Crippen molar-refractivity contribution in [2.45, 2.75) is 32.8 Å². The number of carbonyl (C=O) groups excluding carboxylic acids is 1. The molecule has 0 saturated heterocycles. The summed E-state index contributed by atoms with van der Waals surface area (Å²) in [6.45, 7) is 6.61. The van der Waals surface area contributed by atoms with Gasteiger partial charge in [0.15, 0.2) is 0 Å². The summed E-state index contributed by atoms with van der Waals surface area (Å²) >= 11 is 0. The Labute approximate surface area is 89.2 Å². The van der Waals surface area contributed by atoms with Crippen LogP contribution in [0.4, 0.5) is 5.69 Å². The number of hydrogen-bond donors (Lipinski definition) is 1. The average molecular weight is 205 g/mol. The van der Waals surface area contributed by atoms with E-state index in [1.54, 1.807) is 0 Å². The van der Waals surface area contributed by atoms with E-state index in [0.717, 1.165) is 11.1 Å². The summed E-state index contributed by atoms with van der Waals surface area (Å²) in [5.41, 5.74) is 9.26. The van der Waals surface area contributed by atoms with Gasteiger partial charge in [-0.05, 0) is 17.0 Å². The van der Waals surface area contributed by atoms with Gasteiger partial charge in [0.25, 0.3) is 0 Å². The number of nitrogen functional groups attached to an aromatic ring is 1. The van der Waals surface area contributed by atoms with E-state index in [1.165, 1.54) is 0 Å². The number of esters is 1. The number of carbonyl (C=O) groups is 1. The minimum absolute atomic E-state index is 0.00918. The van der Waals surface area contributed by atoms with E-state index in [4.69, 9.17) is 10.5 Å². The lowest BCUT2D eigenvalue weighted by Gasteiger charge is -2.22. The second kappa shape index (κ2) is 2.99. The molecule has 0 bridgehead atoms. The number of fused-ring (bicyclic) bond motifs is 1. The number of benzene rings is 1. The van der Waals surface area contributed by atoms with Crippen LogP contribution >= 0.6 is 0 Å². The Kier molecular flexibility index (Phi) is 2.00. The fraction of sp³-hybridized carbons (Fsp3) is 0.417. The molecule has 0 amide bonds. The van der Waals surface area contributed by atoms with Gasteiger partial charge in [0.05, 0.1) is 5.56 Å². The smallest absolute Gasteiger partial charge is 0.338 e. The van der Waals surface area contributed by atoms with E-state index in [1.807, 2.05) is 12.1 Å². The van der Waals surface area contributed by atoms with Crippen LogP contribution in [0.25, 0.3) is 0 Å². The van der Waals surface area contributed by atoms with Crippen molar-refractivity contribution in [1.29, 1.82) is 0 Å². The van der Waals surface area contributed by atoms with Crippen molar-refractivity contribution < 1.29 is 9.53 Å². The molecule has 3 heteroatoms. The van der Waals surface area contributed by atoms with Crippen LogP contribution in [0, 0.1) is 0 Å². The maximum atomic E-state index is 11.3. The van der Waals surface area contributed by atoms with Crippen molar-refractivity contribution in [3.05, 3.63) is 28.8 Å². The zero-order valence-corrected chi connectivity index (χ0v) is 9.26. The number of hydrogen-bond acceptors (Lipinski definition) is 3. The van der Waals surface area contributed by atoms with Gasteiger partial charge in [-0.25, -0.2) is 4.79 Å². The Bertz CT molecular complexity index is 430. The highest BCUT2D eigenvalue weighted by Crippen LogP contribution is 2.34. The van der Waals surface area contributed by atoms with Crippen molar-refractivity contribution in [3.8, 4) is 0 Å². The summed E-state index contributed by atoms with van der Waals surface area (Å²) in [6, 6.07) is 3.72. The fourth-order valence-electron chi connectivity index (χ4n) is 1.88. The Morgan fingerprint density at radius 1 is 1.33 bits per heavy atom. The third-order valence-electron chi connectivity index (χ3n) is 2.73. The van der Waals surface area contributed by atoms with E-state index >= 15 is 0 Å². The van der Waals surface area contributed by atoms with Gasteiger partial charge in [0, 0.05) is 11.3 Å². The minimum Gasteiger partial charge on any atom is -0.457 e. The lowest BCUT2D eigenvalue weighted by atomic mass is 9.84. The van der Waals surface area contributed by atoms with Crippen LogP contribution in [0.2, 0.25) is 0 Å². The lowest BCUT2D eigenvalue weighted by molar-refractivity contribution is 0.0535. The largest absolute Gasteiger partial charge is 0.457 e. The van der Waals surface area contributed by atoms with E-state index in [9.17, 15) is 4.79 Å². The maximum Gasteiger partial charge on any atom is 0.338 e. The van der Waals surface area contributed by atoms with Crippen molar-refractivity contribution in [2.24, 2.45) is 0 Å². The van der Waals surface area contributed by atoms with Gasteiger partial charge in [-0.15, -0.1) is 0 Å². The van der Waals surface area contributed by atoms with Crippen molar-refractivity contribution in [3.63, 3.8) is 0 Å². The molecule has 80 valence electrons. The van der Waals surface area contributed by atoms with Crippen LogP contribution < -0.4 is 5.73 Å². The molecule has 0 atom stereocenters. The van der Waals surface area contributed by atoms with Crippen molar-refractivity contribution >= 4 is 11.7 Å². The van der Waals surface area contributed by atoms with E-state index in [-0.39, 0.29) is 11.4 Å². The zero-order valence-electron chi connectivity index (χ0n) is 9.26. The molecule has 1 aromatic carbocycles. The predicted molar refractivity (Wildman–Crippen MR) is 58.7 cm³/mol. The summed E-state index contributed by atoms with van der Waals surface area (Å²) in [5.74, 6) is -0.267. The first kappa shape index (κ1) is 10.0. The minimum atomic E-state index is -0.267. The van der Waals surface area contributed by atoms with Gasteiger partial charge in [0.1, 0.15) is 6.61 Å². The molecule has 0 aliphatic carbocycles. The third kappa shape index (κ3) is 1.48. The highest BCUT2D eigenvalue weighted by Gasteiger charge is 2.27. The molecule has 0 aromatic heterocycles. The molecule has 1 heterocycles. The number of rotatable bonds is 0. The monoisotopic (exact) mass is 205 g/mol. The van der Waals surface area contributed by atoms with Gasteiger partial charge in [-0.3, -0.25) is 0 Å². The summed E-state index contributed by atoms with van der Waals surface area (Å²) in [4.78, 5) is 11.3. The SMILES string of the molecule is CC(C)(C)c1ccc2c(c1N)COC2=O. The molecule has 1 aliphatic rings. The molecular formula is C12H15NO2. The molecular weight excluding hydrogens is 190 g/mol. The second-order valence-electron chi connectivity index (χ2n) is 4.88. The lowest BCUT2D eigenvalue weighted by Crippen LogP contribution is -2.15. The predicted octanol–water partition coefficient (Wildman–Crippen LogP) is 2.24. The third-order valence-corrected chi connectivity index (χ3v) is 2.73. The molecule has 15 heavy (non-hydrogen) atoms. The van der Waals surface area contributed by atoms with Crippen LogP contribution in [0.5, 0.6) is 0 Å². The van der Waals surface area contributed by atoms with Crippen molar-refractivity contribution in [1.82, 2.24) is 0 Å². The van der Waals surface area contributed by atoms with Crippen molar-refractivity contribution in [2.75, 3.05) is 5.73 Å². The first-order chi connectivity index (χ1) is 6.91. The fourth-order valence-corrected chi connectivity index (χ4v) is 1.88. The number of cyclic esters (lactones) is 1. The number of nitrogens with two attached hydrogens (primary N) is 1. The number of ether oxygens (including phenoxy) is 1. The second-order valence-corrected chi connectivity index (χ2v) is 4.88. The standard InChI is InChI=1S/C12H15NO2/c1-12(2,3)9-5-4-7-8(10(9)13)6-15-11(7)14/h4-5H,6,13H2,1-3H3. The van der Waals surface area contributed by atoms with Gasteiger partial charge < -0.3 is 10.5 Å². The molecule has 0 fully saturated rings. The van der Waals surface area contributed by atoms with Crippen LogP contribution in [0.1, 0.15) is 42.3 Å². The van der Waals surface area contributed by atoms with Gasteiger partial charge >= 0.3 is 5.97 Å². The molecule has 0 unspecified atom stereocenters. The summed E-state index contributed by atoms with van der Waals surface area (Å²) in [7, 11) is 0. The maximum absolute atomic E-state index is 11.3. The Balaban J connectivity index is 2.61. The summed E-state index contributed by atoms with van der Waals surface area (Å²) in [6.07, 6.45) is 0. The Morgan fingerprint density at radius 3 is 2.60 bits per heavy atom. The van der Waals surface area contributed by atoms with E-state index in [2.05, 4.69) is 20.8 Å². The van der Waals surface area contributed by atoms with Gasteiger partial charge in [0.2, 0.25) is 0 Å². The number of anilines is 1. The molecule has 0 spiro atoms. The highest BCUT2D eigenvalue weighted by molar-refractivity contribution is 5.95. The van der Waals surface area contributed by atoms with Crippen LogP contribution in [0.15, 0.2) is 12.1 Å². The summed E-state index contributed by atoms with van der Waals surface area (Å²) in [5, 5.41) is 0. The zero-order chi connectivity index (χ0) is 11.2. The normalized spacial score (nSPS) is 15.0. The molecule has 2 rings (SSSR count). The van der Waals surface area contributed by atoms with Crippen LogP contribution in [-0.2, 0) is 16.8 Å². The molecule has 3 nitrogen and oxygen atoms in total. The first-order valence-corrected chi connectivity index (χ1v) is 5.00. The van der Waals surface area contributed by atoms with Crippen LogP contribution in [-0.4, -0.2) is 5.97 Å². The Hall–Kier alpha value is -1.51. The van der Waals surface area contributed by atoms with E-state index < -0.39 is 0 Å². The molecule has 0 saturated carbocycles. The van der Waals surface area contributed by atoms with E-state index in [0.29, 0.717) is 17.9 Å². The average Bonchev–Trinajstić information content (AvgIpc) is 2.47. The quantitative estimate of drug-likeness (QED) is 0.522. The van der Waals surface area contributed by atoms with Gasteiger partial charge in [-0.1, -0.05) is 26.8 Å².